The molecule has 5 nitrogen and oxygen atoms in total. The first-order valence-corrected chi connectivity index (χ1v) is 8.83. The van der Waals surface area contributed by atoms with Gasteiger partial charge in [0.15, 0.2) is 5.16 Å². The molecule has 0 aliphatic heterocycles. The molecule has 6 heteroatoms. The summed E-state index contributed by atoms with van der Waals surface area (Å²) in [5.74, 6) is 0.796. The number of aromatic nitrogens is 2. The fourth-order valence-electron chi connectivity index (χ4n) is 2.53. The van der Waals surface area contributed by atoms with E-state index in [1.54, 1.807) is 7.11 Å². The Morgan fingerprint density at radius 1 is 1.28 bits per heavy atom. The Morgan fingerprint density at radius 2 is 2.04 bits per heavy atom. The maximum absolute atomic E-state index is 12.3. The van der Waals surface area contributed by atoms with E-state index in [2.05, 4.69) is 21.4 Å². The van der Waals surface area contributed by atoms with Crippen LogP contribution in [-0.2, 0) is 11.3 Å². The lowest BCUT2D eigenvalue weighted by Gasteiger charge is -2.10. The number of amides is 1. The SMILES string of the molecule is C=CCn1c(SCC(=O)Nc2ccccc2OC)nc2ccccc21. The summed E-state index contributed by atoms with van der Waals surface area (Å²) >= 11 is 1.40. The number of thioether (sulfide) groups is 1. The highest BCUT2D eigenvalue weighted by Gasteiger charge is 2.13. The van der Waals surface area contributed by atoms with Crippen LogP contribution in [0.3, 0.4) is 0 Å². The van der Waals surface area contributed by atoms with Crippen LogP contribution in [0.4, 0.5) is 5.69 Å². The highest BCUT2D eigenvalue weighted by Crippen LogP contribution is 2.26. The molecule has 1 heterocycles. The number of methoxy groups -OCH3 is 1. The van der Waals surface area contributed by atoms with Gasteiger partial charge in [-0.3, -0.25) is 4.79 Å². The maximum Gasteiger partial charge on any atom is 0.234 e. The van der Waals surface area contributed by atoms with Crippen molar-refractivity contribution in [3.8, 4) is 5.75 Å². The van der Waals surface area contributed by atoms with Gasteiger partial charge in [0.1, 0.15) is 5.75 Å². The van der Waals surface area contributed by atoms with E-state index >= 15 is 0 Å². The minimum atomic E-state index is -0.105. The van der Waals surface area contributed by atoms with Gasteiger partial charge in [-0.05, 0) is 24.3 Å². The Morgan fingerprint density at radius 3 is 2.84 bits per heavy atom. The van der Waals surface area contributed by atoms with Crippen LogP contribution < -0.4 is 10.1 Å². The third-order valence-corrected chi connectivity index (χ3v) is 4.62. The molecule has 0 saturated carbocycles. The van der Waals surface area contributed by atoms with E-state index in [9.17, 15) is 4.79 Å². The molecule has 0 aliphatic carbocycles. The average Bonchev–Trinajstić information content (AvgIpc) is 2.99. The van der Waals surface area contributed by atoms with Crippen molar-refractivity contribution in [1.29, 1.82) is 0 Å². The fourth-order valence-corrected chi connectivity index (χ4v) is 3.36. The lowest BCUT2D eigenvalue weighted by Crippen LogP contribution is -2.15. The summed E-state index contributed by atoms with van der Waals surface area (Å²) in [6, 6.07) is 15.3. The van der Waals surface area contributed by atoms with Gasteiger partial charge in [0.25, 0.3) is 0 Å². The summed E-state index contributed by atoms with van der Waals surface area (Å²) in [5, 5.41) is 3.68. The van der Waals surface area contributed by atoms with Gasteiger partial charge in [0.05, 0.1) is 29.6 Å². The van der Waals surface area contributed by atoms with E-state index in [-0.39, 0.29) is 11.7 Å². The summed E-state index contributed by atoms with van der Waals surface area (Å²) in [6.45, 7) is 4.45. The zero-order chi connectivity index (χ0) is 17.6. The third-order valence-electron chi connectivity index (χ3n) is 3.64. The largest absolute Gasteiger partial charge is 0.495 e. The highest BCUT2D eigenvalue weighted by atomic mass is 32.2. The number of rotatable bonds is 7. The fraction of sp³-hybridized carbons (Fsp3) is 0.158. The summed E-state index contributed by atoms with van der Waals surface area (Å²) in [6.07, 6.45) is 1.83. The van der Waals surface area contributed by atoms with Crippen LogP contribution in [0.15, 0.2) is 66.3 Å². The van der Waals surface area contributed by atoms with Crippen molar-refractivity contribution in [2.75, 3.05) is 18.2 Å². The number of ether oxygens (including phenoxy) is 1. The number of fused-ring (bicyclic) bond motifs is 1. The normalized spacial score (nSPS) is 10.6. The van der Waals surface area contributed by atoms with Crippen LogP contribution in [0.2, 0.25) is 0 Å². The number of hydrogen-bond acceptors (Lipinski definition) is 4. The second-order valence-corrected chi connectivity index (χ2v) is 6.26. The molecule has 0 bridgehead atoms. The molecule has 0 saturated heterocycles. The molecule has 2 aromatic carbocycles. The maximum atomic E-state index is 12.3. The minimum Gasteiger partial charge on any atom is -0.495 e. The van der Waals surface area contributed by atoms with Gasteiger partial charge in [-0.25, -0.2) is 4.98 Å². The molecule has 128 valence electrons. The van der Waals surface area contributed by atoms with Crippen LogP contribution in [0, 0.1) is 0 Å². The lowest BCUT2D eigenvalue weighted by molar-refractivity contribution is -0.113. The van der Waals surface area contributed by atoms with Crippen molar-refractivity contribution in [2.24, 2.45) is 0 Å². The number of allylic oxidation sites excluding steroid dienone is 1. The Labute approximate surface area is 150 Å². The van der Waals surface area contributed by atoms with E-state index in [1.807, 2.05) is 54.6 Å². The van der Waals surface area contributed by atoms with Crippen molar-refractivity contribution in [1.82, 2.24) is 9.55 Å². The molecule has 1 amide bonds. The van der Waals surface area contributed by atoms with Gasteiger partial charge in [-0.1, -0.05) is 42.1 Å². The van der Waals surface area contributed by atoms with Crippen molar-refractivity contribution >= 4 is 34.4 Å². The van der Waals surface area contributed by atoms with Crippen molar-refractivity contribution in [2.45, 2.75) is 11.7 Å². The molecule has 1 aromatic heterocycles. The van der Waals surface area contributed by atoms with Crippen LogP contribution in [0.5, 0.6) is 5.75 Å². The summed E-state index contributed by atoms with van der Waals surface area (Å²) in [4.78, 5) is 16.9. The predicted octanol–water partition coefficient (Wildman–Crippen LogP) is 3.96. The first kappa shape index (κ1) is 17.1. The predicted molar refractivity (Wildman–Crippen MR) is 102 cm³/mol. The topological polar surface area (TPSA) is 56.2 Å². The Balaban J connectivity index is 1.73. The van der Waals surface area contributed by atoms with Crippen molar-refractivity contribution in [3.05, 3.63) is 61.2 Å². The summed E-state index contributed by atoms with van der Waals surface area (Å²) in [5.41, 5.74) is 2.61. The quantitative estimate of drug-likeness (QED) is 0.516. The molecule has 0 spiro atoms. The molecule has 0 aliphatic rings. The number of imidazole rings is 1. The molecular formula is C19H19N3O2S. The summed E-state index contributed by atoms with van der Waals surface area (Å²) < 4.78 is 7.31. The average molecular weight is 353 g/mol. The third kappa shape index (κ3) is 3.85. The van der Waals surface area contributed by atoms with E-state index < -0.39 is 0 Å². The zero-order valence-electron chi connectivity index (χ0n) is 13.9. The van der Waals surface area contributed by atoms with E-state index in [0.29, 0.717) is 18.0 Å². The Kier molecular flexibility index (Phi) is 5.40. The highest BCUT2D eigenvalue weighted by molar-refractivity contribution is 7.99. The number of anilines is 1. The van der Waals surface area contributed by atoms with Gasteiger partial charge >= 0.3 is 0 Å². The first-order valence-electron chi connectivity index (χ1n) is 7.84. The van der Waals surface area contributed by atoms with Crippen LogP contribution >= 0.6 is 11.8 Å². The number of carbonyl (C=O) groups excluding carboxylic acids is 1. The van der Waals surface area contributed by atoms with E-state index in [1.165, 1.54) is 11.8 Å². The standard InChI is InChI=1S/C19H19N3O2S/c1-3-12-22-16-10-6-4-8-14(16)21-19(22)25-13-18(23)20-15-9-5-7-11-17(15)24-2/h3-11H,1,12-13H2,2H3,(H,20,23). The molecule has 1 N–H and O–H groups in total. The van der Waals surface area contributed by atoms with Gasteiger partial charge < -0.3 is 14.6 Å². The molecular weight excluding hydrogens is 334 g/mol. The monoisotopic (exact) mass is 353 g/mol. The second-order valence-electron chi connectivity index (χ2n) is 5.32. The molecule has 25 heavy (non-hydrogen) atoms. The Bertz CT molecular complexity index is 905. The van der Waals surface area contributed by atoms with Gasteiger partial charge in [0.2, 0.25) is 5.91 Å². The molecule has 0 unspecified atom stereocenters. The van der Waals surface area contributed by atoms with Crippen LogP contribution in [0.1, 0.15) is 0 Å². The van der Waals surface area contributed by atoms with Gasteiger partial charge in [0, 0.05) is 6.54 Å². The molecule has 3 rings (SSSR count). The number of nitrogens with one attached hydrogen (secondary N) is 1. The van der Waals surface area contributed by atoms with E-state index in [4.69, 9.17) is 4.74 Å². The number of carbonyl (C=O) groups is 1. The molecule has 3 aromatic rings. The smallest absolute Gasteiger partial charge is 0.234 e. The Hall–Kier alpha value is -2.73. The number of hydrogen-bond donors (Lipinski definition) is 1. The summed E-state index contributed by atoms with van der Waals surface area (Å²) in [7, 11) is 1.58. The van der Waals surface area contributed by atoms with Crippen molar-refractivity contribution < 1.29 is 9.53 Å². The van der Waals surface area contributed by atoms with Crippen molar-refractivity contribution in [3.63, 3.8) is 0 Å². The number of nitrogens with zero attached hydrogens (tertiary/aromatic N) is 2. The first-order chi connectivity index (χ1) is 12.2. The van der Waals surface area contributed by atoms with Crippen LogP contribution in [0.25, 0.3) is 11.0 Å². The number of para-hydroxylation sites is 4. The lowest BCUT2D eigenvalue weighted by atomic mass is 10.3. The second kappa shape index (κ2) is 7.90. The zero-order valence-corrected chi connectivity index (χ0v) is 14.8. The van der Waals surface area contributed by atoms with Gasteiger partial charge in [-0.2, -0.15) is 0 Å². The number of benzene rings is 2. The molecule has 0 radical (unpaired) electrons. The van der Waals surface area contributed by atoms with Crippen LogP contribution in [-0.4, -0.2) is 28.3 Å². The van der Waals surface area contributed by atoms with E-state index in [0.717, 1.165) is 16.2 Å². The molecule has 0 atom stereocenters. The van der Waals surface area contributed by atoms with Gasteiger partial charge in [-0.15, -0.1) is 6.58 Å². The minimum absolute atomic E-state index is 0.105. The molecule has 0 fully saturated rings.